The number of sulfone groups is 1. The second-order valence-corrected chi connectivity index (χ2v) is 6.12. The monoisotopic (exact) mass is 295 g/mol. The first-order valence-corrected chi connectivity index (χ1v) is 7.05. The van der Waals surface area contributed by atoms with E-state index in [1.54, 1.807) is 0 Å². The minimum Gasteiger partial charge on any atom is -0.380 e. The fraction of sp³-hybridized carbons (Fsp3) is 0.455. The average Bonchev–Trinajstić information content (AvgIpc) is 2.81. The first-order chi connectivity index (χ1) is 8.80. The van der Waals surface area contributed by atoms with Gasteiger partial charge >= 0.3 is 5.51 Å². The number of benzene rings is 1. The van der Waals surface area contributed by atoms with Crippen molar-refractivity contribution in [3.8, 4) is 0 Å². The van der Waals surface area contributed by atoms with Crippen molar-refractivity contribution in [1.29, 1.82) is 0 Å². The summed E-state index contributed by atoms with van der Waals surface area (Å²) < 4.78 is 64.4. The summed E-state index contributed by atoms with van der Waals surface area (Å²) >= 11 is 0. The van der Waals surface area contributed by atoms with Crippen LogP contribution in [-0.2, 0) is 14.6 Å². The molecule has 1 aromatic carbocycles. The first-order valence-electron chi connectivity index (χ1n) is 5.56. The molecule has 0 radical (unpaired) electrons. The number of alkyl halides is 3. The minimum atomic E-state index is -5.28. The average molecular weight is 295 g/mol. The molecule has 0 spiro atoms. The van der Waals surface area contributed by atoms with Crippen LogP contribution < -0.4 is 5.32 Å². The quantitative estimate of drug-likeness (QED) is 0.928. The molecule has 1 N–H and O–H groups in total. The molecule has 1 aliphatic rings. The van der Waals surface area contributed by atoms with Crippen molar-refractivity contribution in [1.82, 2.24) is 0 Å². The van der Waals surface area contributed by atoms with E-state index in [4.69, 9.17) is 4.74 Å². The molecule has 1 aliphatic heterocycles. The fourth-order valence-corrected chi connectivity index (χ4v) is 2.51. The molecule has 0 aromatic heterocycles. The largest absolute Gasteiger partial charge is 0.501 e. The molecule has 19 heavy (non-hydrogen) atoms. The topological polar surface area (TPSA) is 55.4 Å². The predicted molar refractivity (Wildman–Crippen MR) is 62.5 cm³/mol. The third-order valence-electron chi connectivity index (χ3n) is 2.77. The van der Waals surface area contributed by atoms with Crippen LogP contribution in [0.3, 0.4) is 0 Å². The Kier molecular flexibility index (Phi) is 3.73. The lowest BCUT2D eigenvalue weighted by Crippen LogP contribution is -2.23. The molecule has 1 aromatic rings. The maximum absolute atomic E-state index is 12.3. The Morgan fingerprint density at radius 2 is 1.84 bits per heavy atom. The van der Waals surface area contributed by atoms with Gasteiger partial charge in [0.15, 0.2) is 0 Å². The van der Waals surface area contributed by atoms with E-state index in [0.29, 0.717) is 18.9 Å². The van der Waals surface area contributed by atoms with Gasteiger partial charge in [-0.3, -0.25) is 0 Å². The Hall–Kier alpha value is -1.28. The van der Waals surface area contributed by atoms with Crippen molar-refractivity contribution in [3.05, 3.63) is 24.3 Å². The van der Waals surface area contributed by atoms with Crippen LogP contribution in [0.4, 0.5) is 18.9 Å². The number of hydrogen-bond donors (Lipinski definition) is 1. The van der Waals surface area contributed by atoms with Crippen LogP contribution >= 0.6 is 0 Å². The van der Waals surface area contributed by atoms with Crippen LogP contribution in [0.2, 0.25) is 0 Å². The molecule has 1 saturated heterocycles. The summed E-state index contributed by atoms with van der Waals surface area (Å²) in [6.07, 6.45) is 0.808. The van der Waals surface area contributed by atoms with E-state index in [1.165, 1.54) is 12.1 Å². The van der Waals surface area contributed by atoms with E-state index >= 15 is 0 Å². The molecule has 8 heteroatoms. The molecule has 0 aliphatic carbocycles. The Balaban J connectivity index is 2.14. The van der Waals surface area contributed by atoms with E-state index in [0.717, 1.165) is 18.6 Å². The lowest BCUT2D eigenvalue weighted by molar-refractivity contribution is -0.0436. The van der Waals surface area contributed by atoms with Crippen LogP contribution in [0, 0.1) is 0 Å². The minimum absolute atomic E-state index is 0.102. The summed E-state index contributed by atoms with van der Waals surface area (Å²) in [4.78, 5) is -0.756. The van der Waals surface area contributed by atoms with Gasteiger partial charge < -0.3 is 10.1 Å². The van der Waals surface area contributed by atoms with Crippen LogP contribution in [-0.4, -0.2) is 33.2 Å². The standard InChI is InChI=1S/C11H12F3NO3S/c12-11(13,14)19(16,17)10-3-1-8(2-4-10)15-9-5-6-18-7-9/h1-4,9,15H,5-7H2. The van der Waals surface area contributed by atoms with Gasteiger partial charge in [0, 0.05) is 12.3 Å². The summed E-state index contributed by atoms with van der Waals surface area (Å²) in [5.74, 6) is 0. The highest BCUT2D eigenvalue weighted by molar-refractivity contribution is 7.92. The van der Waals surface area contributed by atoms with Gasteiger partial charge in [0.2, 0.25) is 0 Å². The lowest BCUT2D eigenvalue weighted by Gasteiger charge is -2.13. The van der Waals surface area contributed by atoms with E-state index in [-0.39, 0.29) is 6.04 Å². The van der Waals surface area contributed by atoms with Crippen molar-refractivity contribution >= 4 is 15.5 Å². The molecule has 1 heterocycles. The number of nitrogens with one attached hydrogen (secondary N) is 1. The zero-order valence-electron chi connectivity index (χ0n) is 9.77. The summed E-state index contributed by atoms with van der Waals surface area (Å²) in [5, 5.41) is 3.06. The molecule has 106 valence electrons. The van der Waals surface area contributed by atoms with E-state index < -0.39 is 20.2 Å². The van der Waals surface area contributed by atoms with Gasteiger partial charge in [0.05, 0.1) is 17.5 Å². The summed E-state index contributed by atoms with van der Waals surface area (Å²) in [5.41, 5.74) is -4.71. The van der Waals surface area contributed by atoms with Gasteiger partial charge in [-0.15, -0.1) is 0 Å². The summed E-state index contributed by atoms with van der Waals surface area (Å²) in [6.45, 7) is 1.17. The molecular formula is C11H12F3NO3S. The Morgan fingerprint density at radius 1 is 1.21 bits per heavy atom. The summed E-state index contributed by atoms with van der Waals surface area (Å²) in [7, 11) is -5.27. The highest BCUT2D eigenvalue weighted by Crippen LogP contribution is 2.30. The predicted octanol–water partition coefficient (Wildman–Crippen LogP) is 2.18. The van der Waals surface area contributed by atoms with Gasteiger partial charge in [-0.2, -0.15) is 13.2 Å². The van der Waals surface area contributed by atoms with E-state index in [9.17, 15) is 21.6 Å². The van der Waals surface area contributed by atoms with Crippen molar-refractivity contribution in [2.24, 2.45) is 0 Å². The molecular weight excluding hydrogens is 283 g/mol. The van der Waals surface area contributed by atoms with Crippen LogP contribution in [0.15, 0.2) is 29.2 Å². The molecule has 0 saturated carbocycles. The third kappa shape index (κ3) is 3.01. The van der Waals surface area contributed by atoms with Crippen molar-refractivity contribution in [2.75, 3.05) is 18.5 Å². The highest BCUT2D eigenvalue weighted by atomic mass is 32.2. The number of anilines is 1. The van der Waals surface area contributed by atoms with Gasteiger partial charge in [-0.1, -0.05) is 0 Å². The molecule has 0 bridgehead atoms. The Labute approximate surface area is 108 Å². The second kappa shape index (κ2) is 5.01. The van der Waals surface area contributed by atoms with Gasteiger partial charge in [-0.25, -0.2) is 8.42 Å². The van der Waals surface area contributed by atoms with Crippen molar-refractivity contribution < 1.29 is 26.3 Å². The normalized spacial score (nSPS) is 20.5. The maximum atomic E-state index is 12.3. The second-order valence-electron chi connectivity index (χ2n) is 4.18. The summed E-state index contributed by atoms with van der Waals surface area (Å²) in [6, 6.07) is 4.63. The zero-order valence-corrected chi connectivity index (χ0v) is 10.6. The van der Waals surface area contributed by atoms with E-state index in [1.807, 2.05) is 0 Å². The fourth-order valence-electron chi connectivity index (χ4n) is 1.75. The van der Waals surface area contributed by atoms with Crippen LogP contribution in [0.1, 0.15) is 6.42 Å². The number of ether oxygens (including phenoxy) is 1. The Morgan fingerprint density at radius 3 is 2.32 bits per heavy atom. The van der Waals surface area contributed by atoms with E-state index in [2.05, 4.69) is 5.32 Å². The zero-order chi connectivity index (χ0) is 14.1. The molecule has 1 unspecified atom stereocenters. The highest BCUT2D eigenvalue weighted by Gasteiger charge is 2.46. The third-order valence-corrected chi connectivity index (χ3v) is 4.27. The number of rotatable bonds is 3. The first kappa shape index (κ1) is 14.1. The molecule has 0 amide bonds. The van der Waals surface area contributed by atoms with Gasteiger partial charge in [0.25, 0.3) is 9.84 Å². The smallest absolute Gasteiger partial charge is 0.380 e. The lowest BCUT2D eigenvalue weighted by atomic mass is 10.2. The molecule has 2 rings (SSSR count). The molecule has 4 nitrogen and oxygen atoms in total. The molecule has 1 fully saturated rings. The number of hydrogen-bond acceptors (Lipinski definition) is 4. The SMILES string of the molecule is O=S(=O)(c1ccc(NC2CCOC2)cc1)C(F)(F)F. The van der Waals surface area contributed by atoms with Gasteiger partial charge in [0.1, 0.15) is 0 Å². The van der Waals surface area contributed by atoms with Crippen molar-refractivity contribution in [2.45, 2.75) is 22.9 Å². The molecule has 1 atom stereocenters. The van der Waals surface area contributed by atoms with Gasteiger partial charge in [-0.05, 0) is 30.7 Å². The van der Waals surface area contributed by atoms with Crippen molar-refractivity contribution in [3.63, 3.8) is 0 Å². The number of halogens is 3. The van der Waals surface area contributed by atoms with Crippen LogP contribution in [0.5, 0.6) is 0 Å². The maximum Gasteiger partial charge on any atom is 0.501 e. The Bertz CT molecular complexity index is 533. The van der Waals surface area contributed by atoms with Crippen LogP contribution in [0.25, 0.3) is 0 Å².